The molecule has 2 unspecified atom stereocenters. The number of nitrogens with zero attached hydrogens (tertiary/aromatic N) is 1. The lowest BCUT2D eigenvalue weighted by Gasteiger charge is -2.35. The van der Waals surface area contributed by atoms with Crippen LogP contribution in [0.15, 0.2) is 0 Å². The predicted octanol–water partition coefficient (Wildman–Crippen LogP) is 0.423. The van der Waals surface area contributed by atoms with Gasteiger partial charge in [0.25, 0.3) is 0 Å². The number of carboxylic acids is 1. The lowest BCUT2D eigenvalue weighted by Crippen LogP contribution is -2.53. The first kappa shape index (κ1) is 16.0. The number of amides is 2. The van der Waals surface area contributed by atoms with Crippen LogP contribution in [0.4, 0.5) is 4.79 Å². The molecule has 3 N–H and O–H groups in total. The van der Waals surface area contributed by atoms with Crippen LogP contribution in [0.25, 0.3) is 0 Å². The second kappa shape index (κ2) is 7.61. The molecule has 0 bridgehead atoms. The number of hydrogen-bond acceptors (Lipinski definition) is 4. The van der Waals surface area contributed by atoms with Crippen LogP contribution in [0.3, 0.4) is 0 Å². The van der Waals surface area contributed by atoms with Crippen molar-refractivity contribution in [2.24, 2.45) is 5.92 Å². The summed E-state index contributed by atoms with van der Waals surface area (Å²) in [5.74, 6) is -1.65. The van der Waals surface area contributed by atoms with Gasteiger partial charge in [-0.1, -0.05) is 19.3 Å². The Labute approximate surface area is 124 Å². The van der Waals surface area contributed by atoms with Gasteiger partial charge >= 0.3 is 12.0 Å². The number of rotatable bonds is 5. The maximum Gasteiger partial charge on any atom is 0.318 e. The molecule has 120 valence electrons. The van der Waals surface area contributed by atoms with Crippen molar-refractivity contribution >= 4 is 12.0 Å². The van der Waals surface area contributed by atoms with E-state index in [1.54, 1.807) is 4.90 Å². The third kappa shape index (κ3) is 4.07. The molecule has 1 aliphatic heterocycles. The Morgan fingerprint density at radius 3 is 2.52 bits per heavy atom. The normalized spacial score (nSPS) is 26.5. The van der Waals surface area contributed by atoms with Crippen LogP contribution in [-0.2, 0) is 9.53 Å². The molecule has 2 rings (SSSR count). The van der Waals surface area contributed by atoms with E-state index in [1.807, 2.05) is 0 Å². The summed E-state index contributed by atoms with van der Waals surface area (Å²) in [6.07, 6.45) is 5.24. The molecule has 1 saturated heterocycles. The highest BCUT2D eigenvalue weighted by atomic mass is 16.5. The van der Waals surface area contributed by atoms with Crippen molar-refractivity contribution in [3.05, 3.63) is 0 Å². The molecule has 0 spiro atoms. The van der Waals surface area contributed by atoms with E-state index in [0.717, 1.165) is 25.7 Å². The largest absolute Gasteiger partial charge is 0.481 e. The van der Waals surface area contributed by atoms with Crippen LogP contribution in [0.2, 0.25) is 0 Å². The third-order valence-electron chi connectivity index (χ3n) is 4.32. The van der Waals surface area contributed by atoms with E-state index in [4.69, 9.17) is 9.84 Å². The van der Waals surface area contributed by atoms with Crippen LogP contribution < -0.4 is 5.32 Å². The number of aliphatic carboxylic acids is 1. The molecule has 1 aliphatic carbocycles. The van der Waals surface area contributed by atoms with Gasteiger partial charge in [-0.05, 0) is 12.8 Å². The molecule has 2 aliphatic rings. The molecule has 2 atom stereocenters. The van der Waals surface area contributed by atoms with Gasteiger partial charge in [0.15, 0.2) is 0 Å². The first-order chi connectivity index (χ1) is 10.1. The minimum absolute atomic E-state index is 0.0898. The van der Waals surface area contributed by atoms with E-state index >= 15 is 0 Å². The SMILES string of the molecule is O=C(O)C1COCC1NC(=O)N(CCO)C1CCCCC1. The Morgan fingerprint density at radius 2 is 1.90 bits per heavy atom. The minimum Gasteiger partial charge on any atom is -0.481 e. The molecule has 1 saturated carbocycles. The smallest absolute Gasteiger partial charge is 0.318 e. The third-order valence-corrected chi connectivity index (χ3v) is 4.32. The summed E-state index contributed by atoms with van der Waals surface area (Å²) in [5.41, 5.74) is 0. The second-order valence-electron chi connectivity index (χ2n) is 5.75. The van der Waals surface area contributed by atoms with Gasteiger partial charge in [0.2, 0.25) is 0 Å². The summed E-state index contributed by atoms with van der Waals surface area (Å²) < 4.78 is 5.15. The highest BCUT2D eigenvalue weighted by Gasteiger charge is 2.36. The predicted molar refractivity (Wildman–Crippen MR) is 74.9 cm³/mol. The fourth-order valence-corrected chi connectivity index (χ4v) is 3.13. The number of carboxylic acid groups (broad SMARTS) is 1. The molecule has 0 aromatic rings. The highest BCUT2D eigenvalue weighted by Crippen LogP contribution is 2.23. The number of ether oxygens (including phenoxy) is 1. The molecule has 0 aromatic heterocycles. The molecule has 2 fully saturated rings. The van der Waals surface area contributed by atoms with Crippen molar-refractivity contribution in [1.82, 2.24) is 10.2 Å². The summed E-state index contributed by atoms with van der Waals surface area (Å²) in [7, 11) is 0. The Bertz CT molecular complexity index is 370. The fraction of sp³-hybridized carbons (Fsp3) is 0.857. The summed E-state index contributed by atoms with van der Waals surface area (Å²) in [6.45, 7) is 0.541. The average molecular weight is 300 g/mol. The zero-order chi connectivity index (χ0) is 15.2. The van der Waals surface area contributed by atoms with E-state index in [2.05, 4.69) is 5.32 Å². The van der Waals surface area contributed by atoms with Gasteiger partial charge in [-0.3, -0.25) is 4.79 Å². The zero-order valence-electron chi connectivity index (χ0n) is 12.2. The van der Waals surface area contributed by atoms with Crippen molar-refractivity contribution in [2.75, 3.05) is 26.4 Å². The Kier molecular flexibility index (Phi) is 5.81. The maximum atomic E-state index is 12.4. The van der Waals surface area contributed by atoms with Gasteiger partial charge < -0.3 is 25.2 Å². The summed E-state index contributed by atoms with van der Waals surface area (Å²) in [6, 6.07) is -0.658. The van der Waals surface area contributed by atoms with E-state index in [-0.39, 0.29) is 38.4 Å². The zero-order valence-corrected chi connectivity index (χ0v) is 12.2. The molecule has 0 radical (unpaired) electrons. The van der Waals surface area contributed by atoms with E-state index in [0.29, 0.717) is 0 Å². The number of carbonyl (C=O) groups excluding carboxylic acids is 1. The topological polar surface area (TPSA) is 99.1 Å². The van der Waals surface area contributed by atoms with Crippen LogP contribution in [0.1, 0.15) is 32.1 Å². The van der Waals surface area contributed by atoms with Crippen LogP contribution in [0, 0.1) is 5.92 Å². The van der Waals surface area contributed by atoms with Crippen LogP contribution in [0.5, 0.6) is 0 Å². The van der Waals surface area contributed by atoms with Gasteiger partial charge in [-0.2, -0.15) is 0 Å². The number of carbonyl (C=O) groups is 2. The quantitative estimate of drug-likeness (QED) is 0.683. The van der Waals surface area contributed by atoms with Gasteiger partial charge in [0.1, 0.15) is 5.92 Å². The van der Waals surface area contributed by atoms with Crippen molar-refractivity contribution < 1.29 is 24.5 Å². The Morgan fingerprint density at radius 1 is 1.19 bits per heavy atom. The molecule has 1 heterocycles. The Balaban J connectivity index is 1.96. The molecule has 0 aromatic carbocycles. The standard InChI is InChI=1S/C14H24N2O5/c17-7-6-16(10-4-2-1-3-5-10)14(20)15-12-9-21-8-11(12)13(18)19/h10-12,17H,1-9H2,(H,15,20)(H,18,19). The van der Waals surface area contributed by atoms with Crippen molar-refractivity contribution in [3.8, 4) is 0 Å². The first-order valence-electron chi connectivity index (χ1n) is 7.62. The lowest BCUT2D eigenvalue weighted by molar-refractivity contribution is -0.142. The second-order valence-corrected chi connectivity index (χ2v) is 5.75. The lowest BCUT2D eigenvalue weighted by atomic mass is 9.94. The minimum atomic E-state index is -0.954. The Hall–Kier alpha value is -1.34. The van der Waals surface area contributed by atoms with Crippen LogP contribution in [-0.4, -0.2) is 65.6 Å². The van der Waals surface area contributed by atoms with E-state index < -0.39 is 17.9 Å². The summed E-state index contributed by atoms with van der Waals surface area (Å²) in [4.78, 5) is 25.2. The van der Waals surface area contributed by atoms with Gasteiger partial charge in [-0.25, -0.2) is 4.79 Å². The van der Waals surface area contributed by atoms with Gasteiger partial charge in [-0.15, -0.1) is 0 Å². The molecule has 2 amide bonds. The number of urea groups is 1. The molecular formula is C14H24N2O5. The number of nitrogens with one attached hydrogen (secondary N) is 1. The average Bonchev–Trinajstić information content (AvgIpc) is 2.94. The number of aliphatic hydroxyl groups excluding tert-OH is 1. The van der Waals surface area contributed by atoms with E-state index in [9.17, 15) is 14.7 Å². The van der Waals surface area contributed by atoms with Crippen molar-refractivity contribution in [1.29, 1.82) is 0 Å². The van der Waals surface area contributed by atoms with Crippen LogP contribution >= 0.6 is 0 Å². The molecule has 7 nitrogen and oxygen atoms in total. The molecular weight excluding hydrogens is 276 g/mol. The molecule has 7 heteroatoms. The van der Waals surface area contributed by atoms with Gasteiger partial charge in [0, 0.05) is 12.6 Å². The summed E-state index contributed by atoms with van der Waals surface area (Å²) in [5, 5.41) is 21.0. The monoisotopic (exact) mass is 300 g/mol. The molecule has 21 heavy (non-hydrogen) atoms. The van der Waals surface area contributed by atoms with Crippen molar-refractivity contribution in [3.63, 3.8) is 0 Å². The van der Waals surface area contributed by atoms with Gasteiger partial charge in [0.05, 0.1) is 25.9 Å². The fourth-order valence-electron chi connectivity index (χ4n) is 3.13. The summed E-state index contributed by atoms with van der Waals surface area (Å²) >= 11 is 0. The number of aliphatic hydroxyl groups is 1. The van der Waals surface area contributed by atoms with Crippen molar-refractivity contribution in [2.45, 2.75) is 44.2 Å². The highest BCUT2D eigenvalue weighted by molar-refractivity contribution is 5.77. The number of hydrogen-bond donors (Lipinski definition) is 3. The van der Waals surface area contributed by atoms with E-state index in [1.165, 1.54) is 6.42 Å². The first-order valence-corrected chi connectivity index (χ1v) is 7.62. The maximum absolute atomic E-state index is 12.4.